The third-order valence-corrected chi connectivity index (χ3v) is 7.79. The van der Waals surface area contributed by atoms with E-state index in [9.17, 15) is 36.6 Å². The van der Waals surface area contributed by atoms with Gasteiger partial charge < -0.3 is 20.1 Å². The summed E-state index contributed by atoms with van der Waals surface area (Å²) in [5.41, 5.74) is 2.93. The van der Waals surface area contributed by atoms with Gasteiger partial charge in [0.2, 0.25) is 10.0 Å². The number of carbonyl (C=O) groups is 1. The number of nitrogens with zero attached hydrogens (tertiary/aromatic N) is 1. The van der Waals surface area contributed by atoms with Crippen LogP contribution in [0.3, 0.4) is 0 Å². The number of aromatic carboxylic acids is 1. The van der Waals surface area contributed by atoms with E-state index in [4.69, 9.17) is 0 Å². The van der Waals surface area contributed by atoms with Crippen LogP contribution in [0.1, 0.15) is 40.2 Å². The highest BCUT2D eigenvalue weighted by atomic mass is 32.2. The van der Waals surface area contributed by atoms with Crippen molar-refractivity contribution in [2.75, 3.05) is 6.54 Å². The Hall–Kier alpha value is -3.71. The molecular weight excluding hydrogens is 547 g/mol. The third kappa shape index (κ3) is 7.27. The minimum Gasteiger partial charge on any atom is -0.477 e. The quantitative estimate of drug-likeness (QED) is 0.196. The van der Waals surface area contributed by atoms with Crippen LogP contribution >= 0.6 is 0 Å². The Kier molecular flexibility index (Phi) is 8.64. The maximum absolute atomic E-state index is 12.5. The van der Waals surface area contributed by atoms with Crippen LogP contribution in [0.15, 0.2) is 83.8 Å². The van der Waals surface area contributed by atoms with Gasteiger partial charge in [0.1, 0.15) is 5.69 Å². The Morgan fingerprint density at radius 3 is 2.25 bits per heavy atom. The third-order valence-electron chi connectivity index (χ3n) is 6.40. The van der Waals surface area contributed by atoms with E-state index in [2.05, 4.69) is 5.32 Å². The second-order valence-electron chi connectivity index (χ2n) is 9.50. The fourth-order valence-corrected chi connectivity index (χ4v) is 5.41. The minimum atomic E-state index is -5.10. The molecule has 8 nitrogen and oxygen atoms in total. The summed E-state index contributed by atoms with van der Waals surface area (Å²) in [7, 11) is -4.79. The van der Waals surface area contributed by atoms with Gasteiger partial charge in [-0.25, -0.2) is 13.2 Å². The molecule has 2 atom stereocenters. The molecule has 0 fully saturated rings. The molecule has 1 aromatic heterocycles. The van der Waals surface area contributed by atoms with Crippen LogP contribution in [-0.2, 0) is 23.0 Å². The molecule has 212 valence electrons. The molecule has 0 aliphatic heterocycles. The standard InChI is InChI=1S/C28H28F3N3O5S/c1-18(32-16-26(35)21-5-3-2-4-6-21)13-20-9-12-24-22(14-20)15-25(27(36)37)34(24)17-19-7-10-23(11-8-19)40(38,39)33-28(29,30)31/h2-12,14-15,18,26,32-33,35H,13,16-17H2,1H3,(H,36,37). The van der Waals surface area contributed by atoms with Crippen molar-refractivity contribution in [3.05, 3.63) is 101 Å². The van der Waals surface area contributed by atoms with Crippen LogP contribution in [-0.4, -0.2) is 48.1 Å². The highest BCUT2D eigenvalue weighted by molar-refractivity contribution is 7.89. The van der Waals surface area contributed by atoms with Gasteiger partial charge >= 0.3 is 12.3 Å². The second-order valence-corrected chi connectivity index (χ2v) is 11.2. The largest absolute Gasteiger partial charge is 0.477 e. The molecule has 12 heteroatoms. The first kappa shape index (κ1) is 29.3. The molecule has 4 rings (SSSR count). The van der Waals surface area contributed by atoms with Crippen molar-refractivity contribution in [1.82, 2.24) is 14.6 Å². The summed E-state index contributed by atoms with van der Waals surface area (Å²) in [5.74, 6) is -1.16. The molecule has 40 heavy (non-hydrogen) atoms. The zero-order chi connectivity index (χ0) is 29.1. The van der Waals surface area contributed by atoms with Gasteiger partial charge in [0.15, 0.2) is 0 Å². The zero-order valence-electron chi connectivity index (χ0n) is 21.4. The lowest BCUT2D eigenvalue weighted by molar-refractivity contribution is -0.138. The van der Waals surface area contributed by atoms with Gasteiger partial charge in [-0.2, -0.15) is 13.2 Å². The van der Waals surface area contributed by atoms with E-state index in [0.29, 0.717) is 34.2 Å². The van der Waals surface area contributed by atoms with Crippen LogP contribution in [0.2, 0.25) is 0 Å². The Labute approximate surface area is 229 Å². The Morgan fingerprint density at radius 2 is 1.62 bits per heavy atom. The monoisotopic (exact) mass is 575 g/mol. The molecule has 0 aliphatic rings. The predicted octanol–water partition coefficient (Wildman–Crippen LogP) is 4.44. The van der Waals surface area contributed by atoms with E-state index in [1.807, 2.05) is 49.4 Å². The number of hydrogen-bond donors (Lipinski definition) is 4. The van der Waals surface area contributed by atoms with Gasteiger partial charge in [0, 0.05) is 30.0 Å². The molecule has 0 spiro atoms. The SMILES string of the molecule is CC(Cc1ccc2c(c1)cc(C(=O)O)n2Cc1ccc(S(=O)(=O)NC(F)(F)F)cc1)NCC(O)c1ccccc1. The maximum atomic E-state index is 12.5. The maximum Gasteiger partial charge on any atom is 0.470 e. The highest BCUT2D eigenvalue weighted by Crippen LogP contribution is 2.25. The number of aliphatic hydroxyl groups excluding tert-OH is 1. The van der Waals surface area contributed by atoms with E-state index in [1.165, 1.54) is 12.1 Å². The molecule has 0 radical (unpaired) electrons. The van der Waals surface area contributed by atoms with Gasteiger partial charge in [-0.05, 0) is 60.4 Å². The second kappa shape index (κ2) is 11.8. The number of rotatable bonds is 11. The van der Waals surface area contributed by atoms with Crippen LogP contribution in [0.25, 0.3) is 10.9 Å². The Bertz CT molecular complexity index is 1590. The topological polar surface area (TPSA) is 121 Å². The molecular formula is C28H28F3N3O5S. The van der Waals surface area contributed by atoms with E-state index < -0.39 is 33.3 Å². The van der Waals surface area contributed by atoms with E-state index >= 15 is 0 Å². The van der Waals surface area contributed by atoms with E-state index in [-0.39, 0.29) is 18.3 Å². The highest BCUT2D eigenvalue weighted by Gasteiger charge is 2.34. The van der Waals surface area contributed by atoms with Gasteiger partial charge in [0.25, 0.3) is 0 Å². The molecule has 0 saturated carbocycles. The van der Waals surface area contributed by atoms with Crippen LogP contribution in [0, 0.1) is 0 Å². The number of aliphatic hydroxyl groups is 1. The van der Waals surface area contributed by atoms with Crippen molar-refractivity contribution >= 4 is 26.9 Å². The van der Waals surface area contributed by atoms with Crippen molar-refractivity contribution in [3.63, 3.8) is 0 Å². The van der Waals surface area contributed by atoms with Crippen molar-refractivity contribution in [2.24, 2.45) is 0 Å². The molecule has 1 heterocycles. The lowest BCUT2D eigenvalue weighted by Crippen LogP contribution is -2.37. The molecule has 2 unspecified atom stereocenters. The molecule has 0 aliphatic carbocycles. The molecule has 0 bridgehead atoms. The number of fused-ring (bicyclic) bond motifs is 1. The number of alkyl halides is 3. The number of sulfonamides is 1. The number of aromatic nitrogens is 1. The van der Waals surface area contributed by atoms with E-state index in [1.54, 1.807) is 16.7 Å². The Balaban J connectivity index is 1.49. The van der Waals surface area contributed by atoms with Crippen molar-refractivity contribution in [2.45, 2.75) is 43.2 Å². The van der Waals surface area contributed by atoms with Crippen molar-refractivity contribution in [3.8, 4) is 0 Å². The minimum absolute atomic E-state index is 0.0137. The normalized spacial score (nSPS) is 13.8. The van der Waals surface area contributed by atoms with Crippen LogP contribution < -0.4 is 10.0 Å². The number of halogens is 3. The van der Waals surface area contributed by atoms with Crippen LogP contribution in [0.5, 0.6) is 0 Å². The zero-order valence-corrected chi connectivity index (χ0v) is 22.2. The lowest BCUT2D eigenvalue weighted by Gasteiger charge is -2.18. The molecule has 3 aromatic carbocycles. The Morgan fingerprint density at radius 1 is 0.975 bits per heavy atom. The average Bonchev–Trinajstić information content (AvgIpc) is 3.24. The molecule has 4 aromatic rings. The molecule has 0 saturated heterocycles. The summed E-state index contributed by atoms with van der Waals surface area (Å²) in [5, 5.41) is 24.2. The predicted molar refractivity (Wildman–Crippen MR) is 143 cm³/mol. The van der Waals surface area contributed by atoms with Crippen LogP contribution in [0.4, 0.5) is 13.2 Å². The van der Waals surface area contributed by atoms with Crippen molar-refractivity contribution < 1.29 is 36.6 Å². The molecule has 4 N–H and O–H groups in total. The number of carboxylic acid groups (broad SMARTS) is 1. The number of hydrogen-bond acceptors (Lipinski definition) is 5. The van der Waals surface area contributed by atoms with E-state index in [0.717, 1.165) is 23.3 Å². The first-order valence-electron chi connectivity index (χ1n) is 12.3. The van der Waals surface area contributed by atoms with Gasteiger partial charge in [0.05, 0.1) is 11.0 Å². The summed E-state index contributed by atoms with van der Waals surface area (Å²) in [6, 6.07) is 21.2. The summed E-state index contributed by atoms with van der Waals surface area (Å²) < 4.78 is 63.5. The van der Waals surface area contributed by atoms with Crippen molar-refractivity contribution in [1.29, 1.82) is 0 Å². The smallest absolute Gasteiger partial charge is 0.470 e. The number of nitrogens with one attached hydrogen (secondary N) is 2. The fraction of sp³-hybridized carbons (Fsp3) is 0.250. The number of carboxylic acids is 1. The first-order chi connectivity index (χ1) is 18.8. The fourth-order valence-electron chi connectivity index (χ4n) is 4.49. The summed E-state index contributed by atoms with van der Waals surface area (Å²) in [6.07, 6.45) is -5.12. The van der Waals surface area contributed by atoms with Gasteiger partial charge in [-0.15, -0.1) is 4.72 Å². The van der Waals surface area contributed by atoms with Gasteiger partial charge in [-0.1, -0.05) is 48.5 Å². The summed E-state index contributed by atoms with van der Waals surface area (Å²) >= 11 is 0. The summed E-state index contributed by atoms with van der Waals surface area (Å²) in [4.78, 5) is 11.4. The number of benzene rings is 3. The lowest BCUT2D eigenvalue weighted by atomic mass is 10.0. The first-order valence-corrected chi connectivity index (χ1v) is 13.8. The summed E-state index contributed by atoms with van der Waals surface area (Å²) in [6.45, 7) is 2.43. The average molecular weight is 576 g/mol. The molecule has 0 amide bonds. The van der Waals surface area contributed by atoms with Gasteiger partial charge in [-0.3, -0.25) is 0 Å².